The maximum absolute atomic E-state index is 5.72. The molecule has 0 aliphatic heterocycles. The van der Waals surface area contributed by atoms with Crippen LogP contribution in [0.3, 0.4) is 0 Å². The number of aromatic nitrogens is 2. The van der Waals surface area contributed by atoms with Gasteiger partial charge >= 0.3 is 0 Å². The molecule has 0 aliphatic rings. The molecule has 3 rings (SSSR count). The fraction of sp³-hybridized carbons (Fsp3) is 0.188. The van der Waals surface area contributed by atoms with Crippen LogP contribution in [0.4, 0.5) is 5.69 Å². The molecular weight excluding hydrogens is 234 g/mol. The van der Waals surface area contributed by atoms with Gasteiger partial charge in [0.25, 0.3) is 0 Å². The van der Waals surface area contributed by atoms with Gasteiger partial charge in [-0.2, -0.15) is 0 Å². The monoisotopic (exact) mass is 251 g/mol. The van der Waals surface area contributed by atoms with E-state index in [0.717, 1.165) is 5.69 Å². The Bertz CT molecular complexity index is 752. The van der Waals surface area contributed by atoms with Gasteiger partial charge < -0.3 is 10.3 Å². The Kier molecular flexibility index (Phi) is 2.56. The molecule has 0 unspecified atom stereocenters. The predicted octanol–water partition coefficient (Wildman–Crippen LogP) is 3.44. The third-order valence-electron chi connectivity index (χ3n) is 3.75. The Balaban J connectivity index is 2.38. The van der Waals surface area contributed by atoms with Gasteiger partial charge in [-0.3, -0.25) is 4.98 Å². The minimum atomic E-state index is 0.692. The van der Waals surface area contributed by atoms with Crippen molar-refractivity contribution in [3.05, 3.63) is 47.8 Å². The second-order valence-corrected chi connectivity index (χ2v) is 4.97. The van der Waals surface area contributed by atoms with Gasteiger partial charge in [0.2, 0.25) is 0 Å². The van der Waals surface area contributed by atoms with Gasteiger partial charge in [0.1, 0.15) is 0 Å². The lowest BCUT2D eigenvalue weighted by Crippen LogP contribution is -1.93. The van der Waals surface area contributed by atoms with Gasteiger partial charge in [-0.1, -0.05) is 18.2 Å². The van der Waals surface area contributed by atoms with Crippen LogP contribution in [0, 0.1) is 13.8 Å². The van der Waals surface area contributed by atoms with E-state index in [1.807, 2.05) is 12.1 Å². The molecule has 0 radical (unpaired) electrons. The second-order valence-electron chi connectivity index (χ2n) is 4.97. The zero-order valence-corrected chi connectivity index (χ0v) is 11.4. The van der Waals surface area contributed by atoms with E-state index in [-0.39, 0.29) is 0 Å². The SMILES string of the molecule is Cc1cccc2c(-c3ccc(N)cn3)c(C)n(C)c12. The first-order valence-electron chi connectivity index (χ1n) is 6.36. The Morgan fingerprint density at radius 3 is 2.58 bits per heavy atom. The van der Waals surface area contributed by atoms with E-state index in [9.17, 15) is 0 Å². The standard InChI is InChI=1S/C16H17N3/c1-10-5-4-6-13-15(11(2)19(3)16(10)13)14-8-7-12(17)9-18-14/h4-9H,17H2,1-3H3. The van der Waals surface area contributed by atoms with Crippen LogP contribution in [0.1, 0.15) is 11.3 Å². The van der Waals surface area contributed by atoms with Crippen LogP contribution in [0.25, 0.3) is 22.2 Å². The minimum absolute atomic E-state index is 0.692. The fourth-order valence-electron chi connectivity index (χ4n) is 2.71. The number of nitrogen functional groups attached to an aromatic ring is 1. The number of benzene rings is 1. The highest BCUT2D eigenvalue weighted by Gasteiger charge is 2.15. The number of hydrogen-bond donors (Lipinski definition) is 1. The second kappa shape index (κ2) is 4.12. The van der Waals surface area contributed by atoms with E-state index in [1.54, 1.807) is 6.20 Å². The molecule has 96 valence electrons. The summed E-state index contributed by atoms with van der Waals surface area (Å²) in [5.41, 5.74) is 12.4. The summed E-state index contributed by atoms with van der Waals surface area (Å²) in [6, 6.07) is 10.3. The highest BCUT2D eigenvalue weighted by Crippen LogP contribution is 2.34. The molecular formula is C16H17N3. The van der Waals surface area contributed by atoms with E-state index < -0.39 is 0 Å². The van der Waals surface area contributed by atoms with Crippen LogP contribution in [-0.4, -0.2) is 9.55 Å². The van der Waals surface area contributed by atoms with E-state index >= 15 is 0 Å². The summed E-state index contributed by atoms with van der Waals surface area (Å²) in [7, 11) is 2.10. The lowest BCUT2D eigenvalue weighted by molar-refractivity contribution is 0.915. The first-order valence-corrected chi connectivity index (χ1v) is 6.36. The summed E-state index contributed by atoms with van der Waals surface area (Å²) in [6.07, 6.45) is 1.71. The Hall–Kier alpha value is -2.29. The molecule has 3 nitrogen and oxygen atoms in total. The van der Waals surface area contributed by atoms with Crippen molar-refractivity contribution in [2.24, 2.45) is 7.05 Å². The summed E-state index contributed by atoms with van der Waals surface area (Å²) in [5.74, 6) is 0. The number of hydrogen-bond acceptors (Lipinski definition) is 2. The number of nitrogens with two attached hydrogens (primary N) is 1. The number of para-hydroxylation sites is 1. The third kappa shape index (κ3) is 1.70. The Morgan fingerprint density at radius 2 is 1.89 bits per heavy atom. The first-order chi connectivity index (χ1) is 9.09. The maximum Gasteiger partial charge on any atom is 0.0727 e. The zero-order valence-electron chi connectivity index (χ0n) is 11.4. The van der Waals surface area contributed by atoms with Crippen LogP contribution in [0.2, 0.25) is 0 Å². The van der Waals surface area contributed by atoms with Gasteiger partial charge in [0.05, 0.1) is 23.1 Å². The maximum atomic E-state index is 5.72. The van der Waals surface area contributed by atoms with E-state index in [2.05, 4.69) is 48.6 Å². The molecule has 0 bridgehead atoms. The number of pyridine rings is 1. The average Bonchev–Trinajstić information content (AvgIpc) is 2.65. The van der Waals surface area contributed by atoms with Gasteiger partial charge in [0.15, 0.2) is 0 Å². The van der Waals surface area contributed by atoms with Crippen molar-refractivity contribution < 1.29 is 0 Å². The smallest absolute Gasteiger partial charge is 0.0727 e. The summed E-state index contributed by atoms with van der Waals surface area (Å²) >= 11 is 0. The van der Waals surface area contributed by atoms with Gasteiger partial charge in [0, 0.05) is 23.7 Å². The van der Waals surface area contributed by atoms with Crippen LogP contribution < -0.4 is 5.73 Å². The minimum Gasteiger partial charge on any atom is -0.397 e. The van der Waals surface area contributed by atoms with E-state index in [4.69, 9.17) is 5.73 Å². The molecule has 0 spiro atoms. The number of aryl methyl sites for hydroxylation is 2. The van der Waals surface area contributed by atoms with E-state index in [0.29, 0.717) is 5.69 Å². The predicted molar refractivity (Wildman–Crippen MR) is 80.0 cm³/mol. The first kappa shape index (κ1) is 11.8. The molecule has 2 aromatic heterocycles. The van der Waals surface area contributed by atoms with Crippen molar-refractivity contribution in [3.63, 3.8) is 0 Å². The normalized spacial score (nSPS) is 11.1. The Labute approximate surface area is 112 Å². The van der Waals surface area contributed by atoms with Crippen molar-refractivity contribution in [1.82, 2.24) is 9.55 Å². The van der Waals surface area contributed by atoms with Gasteiger partial charge in [-0.15, -0.1) is 0 Å². The van der Waals surface area contributed by atoms with Crippen molar-refractivity contribution in [2.75, 3.05) is 5.73 Å². The van der Waals surface area contributed by atoms with Gasteiger partial charge in [-0.05, 0) is 31.5 Å². The zero-order chi connectivity index (χ0) is 13.6. The Morgan fingerprint density at radius 1 is 1.11 bits per heavy atom. The van der Waals surface area contributed by atoms with Crippen LogP contribution >= 0.6 is 0 Å². The average molecular weight is 251 g/mol. The molecule has 2 heterocycles. The topological polar surface area (TPSA) is 43.8 Å². The molecule has 0 saturated heterocycles. The highest BCUT2D eigenvalue weighted by molar-refractivity contribution is 5.98. The number of rotatable bonds is 1. The van der Waals surface area contributed by atoms with Crippen LogP contribution in [-0.2, 0) is 7.05 Å². The molecule has 3 heteroatoms. The van der Waals surface area contributed by atoms with Gasteiger partial charge in [-0.25, -0.2) is 0 Å². The van der Waals surface area contributed by atoms with Crippen molar-refractivity contribution in [3.8, 4) is 11.3 Å². The number of fused-ring (bicyclic) bond motifs is 1. The lowest BCUT2D eigenvalue weighted by Gasteiger charge is -2.02. The lowest BCUT2D eigenvalue weighted by atomic mass is 10.1. The van der Waals surface area contributed by atoms with Crippen LogP contribution in [0.15, 0.2) is 36.5 Å². The van der Waals surface area contributed by atoms with E-state index in [1.165, 1.54) is 27.7 Å². The number of nitrogens with zero attached hydrogens (tertiary/aromatic N) is 2. The largest absolute Gasteiger partial charge is 0.397 e. The molecule has 0 atom stereocenters. The molecule has 0 fully saturated rings. The summed E-state index contributed by atoms with van der Waals surface area (Å²) < 4.78 is 2.23. The summed E-state index contributed by atoms with van der Waals surface area (Å²) in [4.78, 5) is 4.46. The molecule has 3 aromatic rings. The van der Waals surface area contributed by atoms with Crippen LogP contribution in [0.5, 0.6) is 0 Å². The molecule has 0 aliphatic carbocycles. The molecule has 19 heavy (non-hydrogen) atoms. The van der Waals surface area contributed by atoms with Crippen molar-refractivity contribution in [2.45, 2.75) is 13.8 Å². The molecule has 0 amide bonds. The molecule has 1 aromatic carbocycles. The highest BCUT2D eigenvalue weighted by atomic mass is 15.0. The summed E-state index contributed by atoms with van der Waals surface area (Å²) in [6.45, 7) is 4.27. The quantitative estimate of drug-likeness (QED) is 0.720. The molecule has 2 N–H and O–H groups in total. The number of anilines is 1. The molecule has 0 saturated carbocycles. The fourth-order valence-corrected chi connectivity index (χ4v) is 2.71. The van der Waals surface area contributed by atoms with Crippen molar-refractivity contribution in [1.29, 1.82) is 0 Å². The third-order valence-corrected chi connectivity index (χ3v) is 3.75. The van der Waals surface area contributed by atoms with Crippen molar-refractivity contribution >= 4 is 16.6 Å². The summed E-state index contributed by atoms with van der Waals surface area (Å²) in [5, 5.41) is 1.25.